The Morgan fingerprint density at radius 2 is 2.08 bits per heavy atom. The van der Waals surface area contributed by atoms with E-state index in [-0.39, 0.29) is 5.41 Å². The molecule has 2 heteroatoms. The van der Waals surface area contributed by atoms with Crippen LogP contribution >= 0.6 is 0 Å². The van der Waals surface area contributed by atoms with Crippen molar-refractivity contribution >= 4 is 0 Å². The number of hydrogen-bond acceptors (Lipinski definition) is 2. The van der Waals surface area contributed by atoms with E-state index in [1.807, 2.05) is 13.8 Å². The quantitative estimate of drug-likeness (QED) is 0.546. The highest BCUT2D eigenvalue weighted by Crippen LogP contribution is 2.37. The van der Waals surface area contributed by atoms with E-state index in [1.54, 1.807) is 0 Å². The molecule has 1 rings (SSSR count). The number of rotatable bonds is 0. The predicted molar refractivity (Wildman–Crippen MR) is 45.9 cm³/mol. The van der Waals surface area contributed by atoms with Gasteiger partial charge in [0, 0.05) is 5.57 Å². The summed E-state index contributed by atoms with van der Waals surface area (Å²) in [6.45, 7) is 3.91. The fourth-order valence-electron chi connectivity index (χ4n) is 1.64. The second-order valence-corrected chi connectivity index (χ2v) is 3.72. The molecule has 1 aliphatic carbocycles. The van der Waals surface area contributed by atoms with Crippen LogP contribution in [0.1, 0.15) is 33.1 Å². The first-order valence-corrected chi connectivity index (χ1v) is 4.11. The van der Waals surface area contributed by atoms with Crippen LogP contribution in [0.4, 0.5) is 0 Å². The fourth-order valence-corrected chi connectivity index (χ4v) is 1.64. The summed E-state index contributed by atoms with van der Waals surface area (Å²) in [6, 6.07) is 4.50. The van der Waals surface area contributed by atoms with Gasteiger partial charge in [0.15, 0.2) is 0 Å². The molecule has 0 amide bonds. The highest BCUT2D eigenvalue weighted by Gasteiger charge is 2.29. The summed E-state index contributed by atoms with van der Waals surface area (Å²) >= 11 is 0. The van der Waals surface area contributed by atoms with Crippen LogP contribution in [0.2, 0.25) is 0 Å². The van der Waals surface area contributed by atoms with E-state index in [1.165, 1.54) is 0 Å². The molecule has 2 nitrogen and oxygen atoms in total. The molecule has 0 saturated carbocycles. The van der Waals surface area contributed by atoms with Crippen LogP contribution in [0.15, 0.2) is 11.1 Å². The van der Waals surface area contributed by atoms with Crippen LogP contribution in [0.25, 0.3) is 0 Å². The average Bonchev–Trinajstić information content (AvgIpc) is 2.05. The van der Waals surface area contributed by atoms with E-state index in [4.69, 9.17) is 10.5 Å². The van der Waals surface area contributed by atoms with E-state index < -0.39 is 0 Å². The van der Waals surface area contributed by atoms with Gasteiger partial charge in [0.2, 0.25) is 0 Å². The van der Waals surface area contributed by atoms with Crippen molar-refractivity contribution in [1.82, 2.24) is 0 Å². The van der Waals surface area contributed by atoms with Gasteiger partial charge in [0.1, 0.15) is 0 Å². The summed E-state index contributed by atoms with van der Waals surface area (Å²) in [5, 5.41) is 17.6. The summed E-state index contributed by atoms with van der Waals surface area (Å²) in [5.41, 5.74) is 1.74. The molecule has 0 saturated heterocycles. The first-order valence-electron chi connectivity index (χ1n) is 4.11. The number of nitriles is 2. The van der Waals surface area contributed by atoms with Crippen LogP contribution in [0.5, 0.6) is 0 Å². The lowest BCUT2D eigenvalue weighted by molar-refractivity contribution is 0.382. The zero-order valence-corrected chi connectivity index (χ0v) is 7.52. The van der Waals surface area contributed by atoms with E-state index in [0.717, 1.165) is 30.4 Å². The van der Waals surface area contributed by atoms with Crippen molar-refractivity contribution in [1.29, 1.82) is 10.5 Å². The first-order chi connectivity index (χ1) is 5.61. The van der Waals surface area contributed by atoms with Crippen LogP contribution in [-0.2, 0) is 0 Å². The summed E-state index contributed by atoms with van der Waals surface area (Å²) < 4.78 is 0. The van der Waals surface area contributed by atoms with Crippen molar-refractivity contribution < 1.29 is 0 Å². The molecule has 0 radical (unpaired) electrons. The molecule has 0 aromatic rings. The van der Waals surface area contributed by atoms with Gasteiger partial charge in [-0.05, 0) is 33.1 Å². The predicted octanol–water partition coefficient (Wildman–Crippen LogP) is 2.54. The molecule has 0 aromatic carbocycles. The Morgan fingerprint density at radius 1 is 1.42 bits per heavy atom. The molecule has 0 heterocycles. The van der Waals surface area contributed by atoms with Crippen LogP contribution in [0, 0.1) is 28.1 Å². The first kappa shape index (κ1) is 8.81. The lowest BCUT2D eigenvalue weighted by Crippen LogP contribution is -2.19. The molecule has 0 aromatic heterocycles. The summed E-state index contributed by atoms with van der Waals surface area (Å²) in [5.74, 6) is 0. The lowest BCUT2D eigenvalue weighted by Gasteiger charge is -2.26. The van der Waals surface area contributed by atoms with Crippen LogP contribution < -0.4 is 0 Å². The lowest BCUT2D eigenvalue weighted by atomic mass is 9.74. The van der Waals surface area contributed by atoms with E-state index >= 15 is 0 Å². The van der Waals surface area contributed by atoms with Crippen molar-refractivity contribution in [2.24, 2.45) is 5.41 Å². The van der Waals surface area contributed by atoms with E-state index in [0.29, 0.717) is 0 Å². The topological polar surface area (TPSA) is 47.6 Å². The van der Waals surface area contributed by atoms with Crippen molar-refractivity contribution in [3.8, 4) is 12.1 Å². The third-order valence-electron chi connectivity index (χ3n) is 2.50. The monoisotopic (exact) mass is 160 g/mol. The Bertz CT molecular complexity index is 301. The minimum absolute atomic E-state index is 0.232. The molecule has 1 atom stereocenters. The van der Waals surface area contributed by atoms with E-state index in [2.05, 4.69) is 12.1 Å². The number of nitrogens with zero attached hydrogens (tertiary/aromatic N) is 2. The summed E-state index contributed by atoms with van der Waals surface area (Å²) in [4.78, 5) is 0. The molecule has 1 unspecified atom stereocenters. The standard InChI is InChI=1S/C10H12N2/c1-8-5-10(2,7-12)4-3-9(8)6-11/h3-5H2,1-2H3. The Labute approximate surface area is 73.1 Å². The molecule has 0 fully saturated rings. The van der Waals surface area contributed by atoms with Gasteiger partial charge in [-0.2, -0.15) is 10.5 Å². The van der Waals surface area contributed by atoms with Crippen molar-refractivity contribution in [3.05, 3.63) is 11.1 Å². The van der Waals surface area contributed by atoms with Crippen LogP contribution in [-0.4, -0.2) is 0 Å². The van der Waals surface area contributed by atoms with Gasteiger partial charge in [0.25, 0.3) is 0 Å². The Balaban J connectivity index is 2.89. The normalized spacial score (nSPS) is 29.3. The van der Waals surface area contributed by atoms with Crippen LogP contribution in [0.3, 0.4) is 0 Å². The largest absolute Gasteiger partial charge is 0.198 e. The maximum absolute atomic E-state index is 8.87. The number of hydrogen-bond donors (Lipinski definition) is 0. The van der Waals surface area contributed by atoms with Gasteiger partial charge in [-0.3, -0.25) is 0 Å². The smallest absolute Gasteiger partial charge is 0.0946 e. The Morgan fingerprint density at radius 3 is 2.50 bits per heavy atom. The average molecular weight is 160 g/mol. The maximum atomic E-state index is 8.87. The summed E-state index contributed by atoms with van der Waals surface area (Å²) in [7, 11) is 0. The molecule has 0 bridgehead atoms. The maximum Gasteiger partial charge on any atom is 0.0946 e. The third-order valence-corrected chi connectivity index (χ3v) is 2.50. The molecule has 0 N–H and O–H groups in total. The van der Waals surface area contributed by atoms with Gasteiger partial charge < -0.3 is 0 Å². The molecule has 62 valence electrons. The van der Waals surface area contributed by atoms with Gasteiger partial charge >= 0.3 is 0 Å². The number of allylic oxidation sites excluding steroid dienone is 2. The zero-order chi connectivity index (χ0) is 9.19. The highest BCUT2D eigenvalue weighted by molar-refractivity contribution is 5.31. The summed E-state index contributed by atoms with van der Waals surface area (Å²) in [6.07, 6.45) is 2.35. The third kappa shape index (κ3) is 1.48. The molecule has 12 heavy (non-hydrogen) atoms. The minimum Gasteiger partial charge on any atom is -0.198 e. The molecular formula is C10H12N2. The van der Waals surface area contributed by atoms with E-state index in [9.17, 15) is 0 Å². The SMILES string of the molecule is CC1=C(C#N)CCC(C)(C#N)C1. The highest BCUT2D eigenvalue weighted by atomic mass is 14.4. The van der Waals surface area contributed by atoms with Gasteiger partial charge in [-0.25, -0.2) is 0 Å². The zero-order valence-electron chi connectivity index (χ0n) is 7.52. The second-order valence-electron chi connectivity index (χ2n) is 3.72. The molecular weight excluding hydrogens is 148 g/mol. The fraction of sp³-hybridized carbons (Fsp3) is 0.600. The molecule has 1 aliphatic rings. The van der Waals surface area contributed by atoms with Crippen molar-refractivity contribution in [2.45, 2.75) is 33.1 Å². The van der Waals surface area contributed by atoms with Crippen molar-refractivity contribution in [3.63, 3.8) is 0 Å². The van der Waals surface area contributed by atoms with Gasteiger partial charge in [0.05, 0.1) is 17.6 Å². The minimum atomic E-state index is -0.232. The second kappa shape index (κ2) is 2.99. The van der Waals surface area contributed by atoms with Gasteiger partial charge in [-0.1, -0.05) is 5.57 Å². The van der Waals surface area contributed by atoms with Crippen molar-refractivity contribution in [2.75, 3.05) is 0 Å². The Kier molecular flexibility index (Phi) is 2.20. The molecule has 0 aliphatic heterocycles. The molecule has 0 spiro atoms. The van der Waals surface area contributed by atoms with Gasteiger partial charge in [-0.15, -0.1) is 0 Å². The Hall–Kier alpha value is -1.28.